The van der Waals surface area contributed by atoms with E-state index in [2.05, 4.69) is 4.99 Å². The Bertz CT molecular complexity index is 1110. The molecule has 0 aliphatic rings. The highest BCUT2D eigenvalue weighted by molar-refractivity contribution is 7.16. The maximum absolute atomic E-state index is 12.8. The minimum Gasteiger partial charge on any atom is -0.491 e. The van der Waals surface area contributed by atoms with Crippen LogP contribution in [0.3, 0.4) is 0 Å². The van der Waals surface area contributed by atoms with Crippen molar-refractivity contribution in [2.75, 3.05) is 20.8 Å². The van der Waals surface area contributed by atoms with Crippen molar-refractivity contribution in [1.29, 1.82) is 0 Å². The summed E-state index contributed by atoms with van der Waals surface area (Å²) in [5.41, 5.74) is 1.79. The normalized spacial score (nSPS) is 11.8. The fourth-order valence-electron chi connectivity index (χ4n) is 2.90. The first-order valence-electron chi connectivity index (χ1n) is 9.49. The second-order valence-electron chi connectivity index (χ2n) is 6.81. The average Bonchev–Trinajstić information content (AvgIpc) is 3.07. The van der Waals surface area contributed by atoms with E-state index >= 15 is 0 Å². The highest BCUT2D eigenvalue weighted by Gasteiger charge is 2.13. The lowest BCUT2D eigenvalue weighted by molar-refractivity contribution is 0.0600. The maximum atomic E-state index is 12.8. The van der Waals surface area contributed by atoms with Crippen molar-refractivity contribution < 1.29 is 23.8 Å². The van der Waals surface area contributed by atoms with Crippen LogP contribution in [0, 0.1) is 0 Å². The van der Waals surface area contributed by atoms with Crippen molar-refractivity contribution in [3.63, 3.8) is 0 Å². The average molecular weight is 429 g/mol. The van der Waals surface area contributed by atoms with Gasteiger partial charge in [0, 0.05) is 19.2 Å². The summed E-state index contributed by atoms with van der Waals surface area (Å²) in [6.45, 7) is 4.88. The van der Waals surface area contributed by atoms with Gasteiger partial charge in [-0.15, -0.1) is 0 Å². The second kappa shape index (κ2) is 9.69. The van der Waals surface area contributed by atoms with Gasteiger partial charge in [-0.3, -0.25) is 4.79 Å². The zero-order valence-electron chi connectivity index (χ0n) is 17.4. The number of methoxy groups -OCH3 is 2. The van der Waals surface area contributed by atoms with Gasteiger partial charge in [-0.05, 0) is 56.3 Å². The maximum Gasteiger partial charge on any atom is 0.337 e. The largest absolute Gasteiger partial charge is 0.491 e. The molecule has 7 nitrogen and oxygen atoms in total. The number of carbonyl (C=O) groups excluding carboxylic acids is 2. The van der Waals surface area contributed by atoms with Crippen LogP contribution < -0.4 is 9.54 Å². The van der Waals surface area contributed by atoms with E-state index < -0.39 is 5.97 Å². The van der Waals surface area contributed by atoms with Crippen molar-refractivity contribution in [3.05, 3.63) is 58.4 Å². The molecule has 3 aromatic rings. The highest BCUT2D eigenvalue weighted by atomic mass is 32.1. The van der Waals surface area contributed by atoms with E-state index in [9.17, 15) is 9.59 Å². The van der Waals surface area contributed by atoms with Gasteiger partial charge in [-0.25, -0.2) is 4.79 Å². The molecule has 0 bridgehead atoms. The molecule has 2 aromatic carbocycles. The Balaban J connectivity index is 2.00. The molecule has 0 aliphatic heterocycles. The zero-order chi connectivity index (χ0) is 21.7. The quantitative estimate of drug-likeness (QED) is 0.537. The molecule has 0 radical (unpaired) electrons. The summed E-state index contributed by atoms with van der Waals surface area (Å²) in [7, 11) is 2.96. The van der Waals surface area contributed by atoms with Gasteiger partial charge in [0.2, 0.25) is 0 Å². The van der Waals surface area contributed by atoms with E-state index in [4.69, 9.17) is 14.2 Å². The summed E-state index contributed by atoms with van der Waals surface area (Å²) in [4.78, 5) is 29.5. The Labute approximate surface area is 178 Å². The van der Waals surface area contributed by atoms with E-state index in [1.807, 2.05) is 24.5 Å². The molecule has 1 heterocycles. The van der Waals surface area contributed by atoms with Crippen LogP contribution in [-0.2, 0) is 16.0 Å². The summed E-state index contributed by atoms with van der Waals surface area (Å²) in [6.07, 6.45) is 0.0596. The molecule has 30 heavy (non-hydrogen) atoms. The molecule has 1 amide bonds. The van der Waals surface area contributed by atoms with Crippen LogP contribution in [0.4, 0.5) is 0 Å². The van der Waals surface area contributed by atoms with Gasteiger partial charge in [-0.1, -0.05) is 11.3 Å². The number of hydrogen-bond acceptors (Lipinski definition) is 6. The molecule has 8 heteroatoms. The number of thiazole rings is 1. The number of benzene rings is 2. The van der Waals surface area contributed by atoms with E-state index in [1.54, 1.807) is 43.5 Å². The summed E-state index contributed by atoms with van der Waals surface area (Å²) in [5, 5.41) is 0. The number of hydrogen-bond donors (Lipinski definition) is 0. The Morgan fingerprint density at radius 3 is 2.40 bits per heavy atom. The van der Waals surface area contributed by atoms with E-state index in [0.29, 0.717) is 34.8 Å². The van der Waals surface area contributed by atoms with Crippen molar-refractivity contribution in [3.8, 4) is 5.75 Å². The summed E-state index contributed by atoms with van der Waals surface area (Å²) >= 11 is 1.34. The van der Waals surface area contributed by atoms with Gasteiger partial charge in [0.1, 0.15) is 5.75 Å². The third kappa shape index (κ3) is 4.95. The Kier molecular flexibility index (Phi) is 7.02. The predicted octanol–water partition coefficient (Wildman–Crippen LogP) is 3.66. The third-order valence-electron chi connectivity index (χ3n) is 4.29. The second-order valence-corrected chi connectivity index (χ2v) is 7.82. The third-order valence-corrected chi connectivity index (χ3v) is 5.33. The van der Waals surface area contributed by atoms with Crippen molar-refractivity contribution >= 4 is 33.4 Å². The molecule has 158 valence electrons. The highest BCUT2D eigenvalue weighted by Crippen LogP contribution is 2.20. The number of aromatic nitrogens is 1. The standard InChI is InChI=1S/C22H24N2O5S/c1-14(2)29-17-8-5-15(6-9-17)20(25)23-22-24(11-12-27-3)18-10-7-16(21(26)28-4)13-19(18)30-22/h5-10,13-14H,11-12H2,1-4H3. The lowest BCUT2D eigenvalue weighted by atomic mass is 10.2. The van der Waals surface area contributed by atoms with Crippen LogP contribution >= 0.6 is 11.3 Å². The number of nitrogens with zero attached hydrogens (tertiary/aromatic N) is 2. The molecule has 0 unspecified atom stereocenters. The first-order chi connectivity index (χ1) is 14.4. The number of esters is 1. The van der Waals surface area contributed by atoms with E-state index in [0.717, 1.165) is 10.2 Å². The minimum absolute atomic E-state index is 0.0596. The molecule has 0 saturated heterocycles. The molecule has 1 aromatic heterocycles. The van der Waals surface area contributed by atoms with Crippen LogP contribution in [0.1, 0.15) is 34.6 Å². The van der Waals surface area contributed by atoms with Crippen LogP contribution in [0.5, 0.6) is 5.75 Å². The minimum atomic E-state index is -0.410. The number of carbonyl (C=O) groups is 2. The number of fused-ring (bicyclic) bond motifs is 1. The first-order valence-corrected chi connectivity index (χ1v) is 10.3. The van der Waals surface area contributed by atoms with Crippen molar-refractivity contribution in [1.82, 2.24) is 4.57 Å². The lowest BCUT2D eigenvalue weighted by Gasteiger charge is -2.09. The van der Waals surface area contributed by atoms with Crippen molar-refractivity contribution in [2.45, 2.75) is 26.5 Å². The van der Waals surface area contributed by atoms with Gasteiger partial charge < -0.3 is 18.8 Å². The molecule has 0 spiro atoms. The summed E-state index contributed by atoms with van der Waals surface area (Å²) in [5.74, 6) is -0.0575. The molecule has 0 N–H and O–H groups in total. The van der Waals surface area contributed by atoms with Gasteiger partial charge >= 0.3 is 5.97 Å². The van der Waals surface area contributed by atoms with Crippen LogP contribution in [0.2, 0.25) is 0 Å². The van der Waals surface area contributed by atoms with Gasteiger partial charge in [0.15, 0.2) is 4.80 Å². The number of rotatable bonds is 7. The fourth-order valence-corrected chi connectivity index (χ4v) is 4.00. The number of ether oxygens (including phenoxy) is 3. The first kappa shape index (κ1) is 21.7. The van der Waals surface area contributed by atoms with Crippen LogP contribution in [0.25, 0.3) is 10.2 Å². The van der Waals surface area contributed by atoms with Crippen LogP contribution in [0.15, 0.2) is 47.5 Å². The Hall–Kier alpha value is -2.97. The van der Waals surface area contributed by atoms with E-state index in [1.165, 1.54) is 18.4 Å². The summed E-state index contributed by atoms with van der Waals surface area (Å²) < 4.78 is 18.4. The molecular formula is C22H24N2O5S. The van der Waals surface area contributed by atoms with Crippen molar-refractivity contribution in [2.24, 2.45) is 4.99 Å². The smallest absolute Gasteiger partial charge is 0.337 e. The SMILES string of the molecule is COCCn1c(=NC(=O)c2ccc(OC(C)C)cc2)sc2cc(C(=O)OC)ccc21. The summed E-state index contributed by atoms with van der Waals surface area (Å²) in [6, 6.07) is 12.2. The monoisotopic (exact) mass is 428 g/mol. The molecular weight excluding hydrogens is 404 g/mol. The molecule has 0 atom stereocenters. The molecule has 0 saturated carbocycles. The van der Waals surface area contributed by atoms with Crippen LogP contribution in [-0.4, -0.2) is 43.4 Å². The zero-order valence-corrected chi connectivity index (χ0v) is 18.2. The Morgan fingerprint density at radius 2 is 1.77 bits per heavy atom. The molecule has 0 fully saturated rings. The van der Waals surface area contributed by atoms with Gasteiger partial charge in [0.25, 0.3) is 5.91 Å². The fraction of sp³-hybridized carbons (Fsp3) is 0.318. The Morgan fingerprint density at radius 1 is 1.07 bits per heavy atom. The molecule has 3 rings (SSSR count). The topological polar surface area (TPSA) is 79.1 Å². The lowest BCUT2D eigenvalue weighted by Crippen LogP contribution is -2.19. The van der Waals surface area contributed by atoms with Gasteiger partial charge in [-0.2, -0.15) is 4.99 Å². The van der Waals surface area contributed by atoms with Gasteiger partial charge in [0.05, 0.1) is 35.6 Å². The number of amides is 1. The molecule has 0 aliphatic carbocycles. The predicted molar refractivity (Wildman–Crippen MR) is 115 cm³/mol. The van der Waals surface area contributed by atoms with E-state index in [-0.39, 0.29) is 12.0 Å².